The number of nitrogens with zero attached hydrogens (tertiary/aromatic N) is 4. The molecule has 0 atom stereocenters. The molecule has 214 valence electrons. The molecule has 0 saturated carbocycles. The molecular weight excluding hydrogens is 538 g/mol. The van der Waals surface area contributed by atoms with Crippen molar-refractivity contribution >= 4 is 40.1 Å². The van der Waals surface area contributed by atoms with Gasteiger partial charge >= 0.3 is 0 Å². The third-order valence-corrected chi connectivity index (χ3v) is 7.28. The van der Waals surface area contributed by atoms with Crippen LogP contribution in [0.2, 0.25) is 0 Å². The first-order valence-electron chi connectivity index (χ1n) is 12.9. The van der Waals surface area contributed by atoms with E-state index < -0.39 is 22.1 Å². The monoisotopic (exact) mass is 566 g/mol. The van der Waals surface area contributed by atoms with Crippen molar-refractivity contribution in [2.24, 2.45) is 0 Å². The molecule has 0 unspecified atom stereocenters. The molecule has 2 N–H and O–H groups in total. The number of anilines is 3. The summed E-state index contributed by atoms with van der Waals surface area (Å²) in [6.45, 7) is 6.31. The van der Waals surface area contributed by atoms with Crippen molar-refractivity contribution in [1.29, 1.82) is 0 Å². The second kappa shape index (κ2) is 11.4. The predicted octanol–water partition coefficient (Wildman–Crippen LogP) is 5.13. The number of ether oxygens (including phenoxy) is 2. The number of nitro benzene ring substituents is 1. The first-order chi connectivity index (χ1) is 19.8. The summed E-state index contributed by atoms with van der Waals surface area (Å²) in [5, 5.41) is 15.2. The van der Waals surface area contributed by atoms with Gasteiger partial charge in [-0.2, -0.15) is 0 Å². The maximum absolute atomic E-state index is 15.4. The first-order valence-corrected chi connectivity index (χ1v) is 12.9. The number of pyridine rings is 1. The average Bonchev–Trinajstić information content (AvgIpc) is 3.35. The molecule has 5 rings (SSSR count). The summed E-state index contributed by atoms with van der Waals surface area (Å²) in [5.41, 5.74) is 0.414. The number of rotatable bonds is 9. The first kappa shape index (κ1) is 27.8. The van der Waals surface area contributed by atoms with Crippen LogP contribution in [0, 0.1) is 21.7 Å². The molecule has 0 bridgehead atoms. The van der Waals surface area contributed by atoms with Crippen LogP contribution in [0.25, 0.3) is 22.0 Å². The Balaban J connectivity index is 1.56. The number of hydrogen-bond donors (Lipinski definition) is 2. The van der Waals surface area contributed by atoms with Gasteiger partial charge in [-0.25, -0.2) is 13.8 Å². The minimum atomic E-state index is -1.02. The van der Waals surface area contributed by atoms with Crippen molar-refractivity contribution in [2.75, 3.05) is 57.2 Å². The summed E-state index contributed by atoms with van der Waals surface area (Å²) < 4.78 is 40.9. The molecule has 2 aromatic heterocycles. The summed E-state index contributed by atoms with van der Waals surface area (Å²) >= 11 is 0. The van der Waals surface area contributed by atoms with Crippen LogP contribution in [0.4, 0.5) is 31.7 Å². The van der Waals surface area contributed by atoms with Crippen molar-refractivity contribution in [3.63, 3.8) is 0 Å². The Labute approximate surface area is 233 Å². The Morgan fingerprint density at radius 3 is 2.34 bits per heavy atom. The van der Waals surface area contributed by atoms with Crippen LogP contribution in [0.15, 0.2) is 36.5 Å². The number of benzene rings is 2. The van der Waals surface area contributed by atoms with Gasteiger partial charge in [0.05, 0.1) is 42.1 Å². The highest BCUT2D eigenvalue weighted by molar-refractivity contribution is 6.05. The van der Waals surface area contributed by atoms with E-state index in [0.717, 1.165) is 44.5 Å². The fourth-order valence-corrected chi connectivity index (χ4v) is 5.08. The van der Waals surface area contributed by atoms with Crippen LogP contribution in [-0.4, -0.2) is 73.0 Å². The number of carbonyl (C=O) groups excluding carboxylic acids is 1. The highest BCUT2D eigenvalue weighted by atomic mass is 19.1. The van der Waals surface area contributed by atoms with Crippen molar-refractivity contribution < 1.29 is 28.0 Å². The molecular formula is C28H28F2N6O5. The van der Waals surface area contributed by atoms with Crippen molar-refractivity contribution in [1.82, 2.24) is 14.9 Å². The second-order valence-electron chi connectivity index (χ2n) is 9.44. The molecule has 1 aliphatic rings. The summed E-state index contributed by atoms with van der Waals surface area (Å²) in [7, 11) is 2.45. The molecule has 0 aliphatic carbocycles. The van der Waals surface area contributed by atoms with Gasteiger partial charge in [0.25, 0.3) is 5.69 Å². The zero-order chi connectivity index (χ0) is 29.3. The number of nitrogens with one attached hydrogen (secondary N) is 2. The fourth-order valence-electron chi connectivity index (χ4n) is 5.08. The van der Waals surface area contributed by atoms with E-state index in [4.69, 9.17) is 9.47 Å². The molecule has 4 aromatic rings. The van der Waals surface area contributed by atoms with Crippen molar-refractivity contribution in [3.8, 4) is 22.6 Å². The van der Waals surface area contributed by atoms with Crippen LogP contribution >= 0.6 is 0 Å². The molecule has 13 heteroatoms. The number of halogens is 2. The normalized spacial score (nSPS) is 13.8. The zero-order valence-electron chi connectivity index (χ0n) is 22.7. The van der Waals surface area contributed by atoms with E-state index in [-0.39, 0.29) is 45.3 Å². The largest absolute Gasteiger partial charge is 0.494 e. The number of aromatic amines is 1. The summed E-state index contributed by atoms with van der Waals surface area (Å²) in [6.07, 6.45) is 1.81. The topological polar surface area (TPSA) is 126 Å². The molecule has 0 radical (unpaired) electrons. The van der Waals surface area contributed by atoms with Crippen LogP contribution < -0.4 is 19.7 Å². The highest BCUT2D eigenvalue weighted by Crippen LogP contribution is 2.42. The number of aromatic nitrogens is 2. The summed E-state index contributed by atoms with van der Waals surface area (Å²) in [4.78, 5) is 35.0. The molecule has 0 amide bonds. The number of carbonyl (C=O) groups is 1. The number of nitro groups is 1. The van der Waals surface area contributed by atoms with Crippen LogP contribution in [0.3, 0.4) is 0 Å². The van der Waals surface area contributed by atoms with Crippen LogP contribution in [0.5, 0.6) is 11.5 Å². The van der Waals surface area contributed by atoms with Gasteiger partial charge in [-0.1, -0.05) is 6.92 Å². The van der Waals surface area contributed by atoms with Gasteiger partial charge in [-0.05, 0) is 24.7 Å². The lowest BCUT2D eigenvalue weighted by atomic mass is 10.00. The number of H-pyrrole nitrogens is 1. The Hall–Kier alpha value is -4.78. The molecule has 0 spiro atoms. The molecule has 3 heterocycles. The molecule has 11 nitrogen and oxygen atoms in total. The van der Waals surface area contributed by atoms with E-state index >= 15 is 8.78 Å². The van der Waals surface area contributed by atoms with E-state index in [1.807, 2.05) is 0 Å². The van der Waals surface area contributed by atoms with Gasteiger partial charge in [-0.15, -0.1) is 0 Å². The Bertz CT molecular complexity index is 1610. The minimum Gasteiger partial charge on any atom is -0.494 e. The Morgan fingerprint density at radius 1 is 1.07 bits per heavy atom. The molecule has 2 aromatic carbocycles. The summed E-state index contributed by atoms with van der Waals surface area (Å²) in [6, 6.07) is 7.45. The third kappa shape index (κ3) is 5.11. The number of hydrogen-bond acceptors (Lipinski definition) is 9. The number of methoxy groups -OCH3 is 2. The van der Waals surface area contributed by atoms with Gasteiger partial charge in [0.1, 0.15) is 11.5 Å². The van der Waals surface area contributed by atoms with Gasteiger partial charge in [-0.3, -0.25) is 14.9 Å². The lowest BCUT2D eigenvalue weighted by Gasteiger charge is -2.35. The standard InChI is InChI=1S/C28H28F2N6O5/c1-4-34-7-9-35(10-8-34)16-5-6-18(21(11-16)36(38)39)33-24-12-17-19(14-31-24)32-20(15-37)25(17)26-27(29)22(40-2)13-23(41-3)28(26)30/h5-6,11-15,32H,4,7-10H2,1-3H3,(H,31,33). The number of aldehydes is 1. The maximum Gasteiger partial charge on any atom is 0.294 e. The van der Waals surface area contributed by atoms with E-state index in [0.29, 0.717) is 11.8 Å². The smallest absolute Gasteiger partial charge is 0.294 e. The SMILES string of the molecule is CCN1CCN(c2ccc(Nc3cc4c(-c5c(F)c(OC)cc(OC)c5F)c(C=O)[nH]c4cn3)c([N+](=O)[O-])c2)CC1. The Morgan fingerprint density at radius 2 is 1.76 bits per heavy atom. The van der Waals surface area contributed by atoms with E-state index in [1.54, 1.807) is 12.1 Å². The number of fused-ring (bicyclic) bond motifs is 1. The molecule has 1 fully saturated rings. The third-order valence-electron chi connectivity index (χ3n) is 7.28. The predicted molar refractivity (Wildman–Crippen MR) is 151 cm³/mol. The van der Waals surface area contributed by atoms with Crippen molar-refractivity contribution in [2.45, 2.75) is 6.92 Å². The second-order valence-corrected chi connectivity index (χ2v) is 9.44. The fraction of sp³-hybridized carbons (Fsp3) is 0.286. The van der Waals surface area contributed by atoms with E-state index in [9.17, 15) is 14.9 Å². The lowest BCUT2D eigenvalue weighted by Crippen LogP contribution is -2.46. The van der Waals surface area contributed by atoms with Crippen LogP contribution in [0.1, 0.15) is 17.4 Å². The summed E-state index contributed by atoms with van der Waals surface area (Å²) in [5.74, 6) is -2.43. The van der Waals surface area contributed by atoms with E-state index in [1.165, 1.54) is 32.5 Å². The maximum atomic E-state index is 15.4. The molecule has 1 saturated heterocycles. The molecule has 41 heavy (non-hydrogen) atoms. The zero-order valence-corrected chi connectivity index (χ0v) is 22.7. The quantitative estimate of drug-likeness (QED) is 0.161. The number of likely N-dealkylation sites (N-methyl/N-ethyl adjacent to an activating group) is 1. The lowest BCUT2D eigenvalue weighted by molar-refractivity contribution is -0.383. The van der Waals surface area contributed by atoms with Gasteiger partial charge in [0.2, 0.25) is 0 Å². The highest BCUT2D eigenvalue weighted by Gasteiger charge is 2.27. The van der Waals surface area contributed by atoms with Crippen molar-refractivity contribution in [3.05, 3.63) is 64.0 Å². The number of piperazine rings is 1. The van der Waals surface area contributed by atoms with Crippen LogP contribution in [-0.2, 0) is 0 Å². The minimum absolute atomic E-state index is 0.0660. The Kier molecular flexibility index (Phi) is 7.70. The van der Waals surface area contributed by atoms with Gasteiger partial charge < -0.3 is 29.6 Å². The van der Waals surface area contributed by atoms with Gasteiger partial charge in [0, 0.05) is 54.9 Å². The van der Waals surface area contributed by atoms with Gasteiger partial charge in [0.15, 0.2) is 29.4 Å². The van der Waals surface area contributed by atoms with E-state index in [2.05, 4.69) is 32.0 Å². The molecule has 1 aliphatic heterocycles. The average molecular weight is 567 g/mol.